The Kier molecular flexibility index (Phi) is 6.01. The molecule has 0 spiro atoms. The van der Waals surface area contributed by atoms with E-state index in [0.29, 0.717) is 5.76 Å². The number of hydrogen-bond donors (Lipinski definition) is 2. The van der Waals surface area contributed by atoms with Crippen LogP contribution in [-0.4, -0.2) is 20.4 Å². The minimum Gasteiger partial charge on any atom is -0.467 e. The molecule has 27 heavy (non-hydrogen) atoms. The van der Waals surface area contributed by atoms with Crippen LogP contribution in [0, 0.1) is 5.92 Å². The van der Waals surface area contributed by atoms with E-state index in [2.05, 4.69) is 10.0 Å². The number of hydrogen-bond acceptors (Lipinski definition) is 4. The molecule has 1 amide bonds. The highest BCUT2D eigenvalue weighted by molar-refractivity contribution is 7.89. The number of carbonyl (C=O) groups excluding carboxylic acids is 1. The van der Waals surface area contributed by atoms with Gasteiger partial charge in [-0.3, -0.25) is 4.79 Å². The minimum atomic E-state index is -3.79. The summed E-state index contributed by atoms with van der Waals surface area (Å²) in [6.07, 6.45) is 5.64. The number of nitrogens with one attached hydrogen (secondary N) is 2. The Hall–Kier alpha value is -2.12. The van der Waals surface area contributed by atoms with Gasteiger partial charge >= 0.3 is 0 Å². The molecule has 3 rings (SSSR count). The quantitative estimate of drug-likeness (QED) is 0.761. The normalized spacial score (nSPS) is 15.4. The molecule has 1 aliphatic rings. The van der Waals surface area contributed by atoms with Gasteiger partial charge in [-0.2, -0.15) is 4.72 Å². The Morgan fingerprint density at radius 3 is 2.56 bits per heavy atom. The van der Waals surface area contributed by atoms with Crippen molar-refractivity contribution < 1.29 is 17.6 Å². The van der Waals surface area contributed by atoms with Crippen LogP contribution < -0.4 is 10.0 Å². The number of carbonyl (C=O) groups is 1. The number of benzene rings is 1. The molecule has 1 aliphatic carbocycles. The molecule has 1 heterocycles. The van der Waals surface area contributed by atoms with Crippen LogP contribution in [0.4, 0.5) is 0 Å². The summed E-state index contributed by atoms with van der Waals surface area (Å²) in [5.41, 5.74) is 2.31. The smallest absolute Gasteiger partial charge is 0.241 e. The molecule has 2 N–H and O–H groups in total. The fourth-order valence-electron chi connectivity index (χ4n) is 3.30. The standard InChI is InChI=1S/C20H26N2O4S/c1-14(2)19(20(23)21-13-17-8-5-11-26-17)22-27(24,25)18-10-9-15-6-3-4-7-16(15)12-18/h5,8-12,14,19,22H,3-4,6-7,13H2,1-2H3,(H,21,23)/t19-/m1/s1. The van der Waals surface area contributed by atoms with Crippen LogP contribution in [0.25, 0.3) is 0 Å². The van der Waals surface area contributed by atoms with Crippen molar-refractivity contribution >= 4 is 15.9 Å². The molecule has 1 atom stereocenters. The predicted molar refractivity (Wildman–Crippen MR) is 103 cm³/mol. The lowest BCUT2D eigenvalue weighted by Crippen LogP contribution is -2.49. The maximum atomic E-state index is 12.9. The van der Waals surface area contributed by atoms with E-state index in [-0.39, 0.29) is 23.3 Å². The average molecular weight is 391 g/mol. The summed E-state index contributed by atoms with van der Waals surface area (Å²) >= 11 is 0. The van der Waals surface area contributed by atoms with Gasteiger partial charge in [-0.25, -0.2) is 8.42 Å². The Morgan fingerprint density at radius 1 is 1.15 bits per heavy atom. The van der Waals surface area contributed by atoms with Crippen LogP contribution in [0.1, 0.15) is 43.6 Å². The molecular weight excluding hydrogens is 364 g/mol. The molecule has 0 fully saturated rings. The lowest BCUT2D eigenvalue weighted by molar-refractivity contribution is -0.123. The second kappa shape index (κ2) is 8.27. The van der Waals surface area contributed by atoms with Crippen LogP contribution >= 0.6 is 0 Å². The first-order chi connectivity index (χ1) is 12.9. The second-order valence-electron chi connectivity index (χ2n) is 7.28. The van der Waals surface area contributed by atoms with E-state index in [1.165, 1.54) is 11.8 Å². The Bertz CT molecular complexity index is 889. The third kappa shape index (κ3) is 4.78. The highest BCUT2D eigenvalue weighted by atomic mass is 32.2. The van der Waals surface area contributed by atoms with Gasteiger partial charge in [0.1, 0.15) is 11.8 Å². The van der Waals surface area contributed by atoms with Gasteiger partial charge in [0.15, 0.2) is 0 Å². The molecular formula is C20H26N2O4S. The van der Waals surface area contributed by atoms with E-state index in [4.69, 9.17) is 4.42 Å². The highest BCUT2D eigenvalue weighted by Gasteiger charge is 2.29. The summed E-state index contributed by atoms with van der Waals surface area (Å²) in [7, 11) is -3.79. The van der Waals surface area contributed by atoms with Gasteiger partial charge in [-0.05, 0) is 67.0 Å². The summed E-state index contributed by atoms with van der Waals surface area (Å²) < 4.78 is 33.5. The van der Waals surface area contributed by atoms with E-state index in [9.17, 15) is 13.2 Å². The van der Waals surface area contributed by atoms with Crippen molar-refractivity contribution in [1.82, 2.24) is 10.0 Å². The Morgan fingerprint density at radius 2 is 1.89 bits per heavy atom. The maximum Gasteiger partial charge on any atom is 0.241 e. The van der Waals surface area contributed by atoms with Crippen molar-refractivity contribution in [2.24, 2.45) is 5.92 Å². The largest absolute Gasteiger partial charge is 0.467 e. The van der Waals surface area contributed by atoms with E-state index >= 15 is 0 Å². The molecule has 2 aromatic rings. The fourth-order valence-corrected chi connectivity index (χ4v) is 4.70. The predicted octanol–water partition coefficient (Wildman–Crippen LogP) is 2.78. The van der Waals surface area contributed by atoms with Crippen LogP contribution in [0.2, 0.25) is 0 Å². The molecule has 0 aliphatic heterocycles. The monoisotopic (exact) mass is 390 g/mol. The van der Waals surface area contributed by atoms with Crippen molar-refractivity contribution in [2.75, 3.05) is 0 Å². The number of aryl methyl sites for hydroxylation is 2. The van der Waals surface area contributed by atoms with E-state index in [0.717, 1.165) is 31.2 Å². The summed E-state index contributed by atoms with van der Waals surface area (Å²) in [6.45, 7) is 3.84. The van der Waals surface area contributed by atoms with Gasteiger partial charge in [0.05, 0.1) is 17.7 Å². The maximum absolute atomic E-state index is 12.9. The summed E-state index contributed by atoms with van der Waals surface area (Å²) in [5.74, 6) is 0.0420. The van der Waals surface area contributed by atoms with Crippen LogP contribution in [-0.2, 0) is 34.2 Å². The Balaban J connectivity index is 1.73. The summed E-state index contributed by atoms with van der Waals surface area (Å²) in [5, 5.41) is 2.73. The number of furan rings is 1. The second-order valence-corrected chi connectivity index (χ2v) is 8.99. The van der Waals surface area contributed by atoms with Crippen molar-refractivity contribution in [1.29, 1.82) is 0 Å². The van der Waals surface area contributed by atoms with Gasteiger partial charge in [0.2, 0.25) is 15.9 Å². The lowest BCUT2D eigenvalue weighted by Gasteiger charge is -2.22. The van der Waals surface area contributed by atoms with Crippen LogP contribution in [0.5, 0.6) is 0 Å². The van der Waals surface area contributed by atoms with Crippen LogP contribution in [0.3, 0.4) is 0 Å². The van der Waals surface area contributed by atoms with Crippen molar-refractivity contribution in [2.45, 2.75) is 57.0 Å². The summed E-state index contributed by atoms with van der Waals surface area (Å²) in [4.78, 5) is 12.8. The minimum absolute atomic E-state index is 0.200. The van der Waals surface area contributed by atoms with Crippen molar-refractivity contribution in [3.8, 4) is 0 Å². The molecule has 0 saturated carbocycles. The zero-order valence-electron chi connectivity index (χ0n) is 15.7. The lowest BCUT2D eigenvalue weighted by atomic mass is 9.92. The Labute approximate surface area is 160 Å². The third-order valence-corrected chi connectivity index (χ3v) is 6.32. The van der Waals surface area contributed by atoms with Crippen molar-refractivity contribution in [3.05, 3.63) is 53.5 Å². The van der Waals surface area contributed by atoms with Gasteiger partial charge in [0, 0.05) is 0 Å². The van der Waals surface area contributed by atoms with E-state index < -0.39 is 16.1 Å². The molecule has 1 aromatic carbocycles. The topological polar surface area (TPSA) is 88.4 Å². The molecule has 146 valence electrons. The molecule has 0 bridgehead atoms. The zero-order valence-corrected chi connectivity index (χ0v) is 16.5. The van der Waals surface area contributed by atoms with Crippen molar-refractivity contribution in [3.63, 3.8) is 0 Å². The highest BCUT2D eigenvalue weighted by Crippen LogP contribution is 2.24. The fraction of sp³-hybridized carbons (Fsp3) is 0.450. The van der Waals surface area contributed by atoms with E-state index in [1.54, 1.807) is 24.3 Å². The number of amides is 1. The molecule has 1 aromatic heterocycles. The first-order valence-electron chi connectivity index (χ1n) is 9.31. The zero-order chi connectivity index (χ0) is 19.4. The molecule has 6 nitrogen and oxygen atoms in total. The first kappa shape index (κ1) is 19.6. The first-order valence-corrected chi connectivity index (χ1v) is 10.8. The van der Waals surface area contributed by atoms with Gasteiger partial charge in [0.25, 0.3) is 0 Å². The third-order valence-electron chi connectivity index (χ3n) is 4.88. The van der Waals surface area contributed by atoms with E-state index in [1.807, 2.05) is 19.9 Å². The van der Waals surface area contributed by atoms with Gasteiger partial charge in [-0.1, -0.05) is 19.9 Å². The number of fused-ring (bicyclic) bond motifs is 1. The molecule has 0 radical (unpaired) electrons. The number of sulfonamides is 1. The van der Waals surface area contributed by atoms with Gasteiger partial charge < -0.3 is 9.73 Å². The molecule has 7 heteroatoms. The summed E-state index contributed by atoms with van der Waals surface area (Å²) in [6, 6.07) is 7.90. The number of rotatable bonds is 7. The molecule has 0 saturated heterocycles. The SMILES string of the molecule is CC(C)[C@@H](NS(=O)(=O)c1ccc2c(c1)CCCC2)C(=O)NCc1ccco1. The molecule has 0 unspecified atom stereocenters. The van der Waals surface area contributed by atoms with Gasteiger partial charge in [-0.15, -0.1) is 0 Å². The average Bonchev–Trinajstić information content (AvgIpc) is 3.17. The van der Waals surface area contributed by atoms with Crippen LogP contribution in [0.15, 0.2) is 45.9 Å².